The van der Waals surface area contributed by atoms with E-state index >= 15 is 0 Å². The molecule has 0 heterocycles. The van der Waals surface area contributed by atoms with Crippen LogP contribution in [0.25, 0.3) is 0 Å². The summed E-state index contributed by atoms with van der Waals surface area (Å²) < 4.78 is 32.8. The zero-order valence-electron chi connectivity index (χ0n) is 42.5. The van der Waals surface area contributed by atoms with Crippen molar-refractivity contribution in [1.29, 1.82) is 0 Å². The summed E-state index contributed by atoms with van der Waals surface area (Å²) >= 11 is 0. The molecule has 0 fully saturated rings. The summed E-state index contributed by atoms with van der Waals surface area (Å²) in [4.78, 5) is 34.9. The van der Waals surface area contributed by atoms with Crippen LogP contribution in [0.15, 0.2) is 134 Å². The predicted octanol–water partition coefficient (Wildman–Crippen LogP) is 16.2. The zero-order valence-corrected chi connectivity index (χ0v) is 43.4. The standard InChI is InChI=1S/C58H94NO8P/c1-3-5-7-9-11-13-15-16-17-18-19-20-21-22-23-24-25-26-27-28-29-30-31-32-33-34-35-36-37-38-39-40-41-43-45-47-49-51-58(61)67-56(55-66-68(62,63)65-53-52-59)54-64-57(60)50-48-46-44-42-14-12-10-8-6-4-2/h5,7,11,13,16-17,19-20,22-23,25-26,28-29,31-32,34-35,37-38,40-41,56H,3-4,6,8-10,12,14-15,18,21,24,27,30,33,36,39,42-55,59H2,1-2H3,(H,62,63)/b7-5-,13-11-,17-16-,20-19-,23-22-,26-25-,29-28-,32-31-,35-34-,38-37-,41-40-. The number of unbranched alkanes of at least 4 members (excludes halogenated alkanes) is 12. The number of esters is 2. The maximum absolute atomic E-state index is 12.6. The van der Waals surface area contributed by atoms with Crippen LogP contribution in [-0.2, 0) is 32.7 Å². The molecule has 0 aliphatic rings. The van der Waals surface area contributed by atoms with Crippen LogP contribution in [0.5, 0.6) is 0 Å². The monoisotopic (exact) mass is 964 g/mol. The quantitative estimate of drug-likeness (QED) is 0.0265. The number of phosphoric ester groups is 1. The maximum Gasteiger partial charge on any atom is 0.472 e. The van der Waals surface area contributed by atoms with Gasteiger partial charge in [0.05, 0.1) is 13.2 Å². The van der Waals surface area contributed by atoms with E-state index in [1.807, 2.05) is 0 Å². The molecular weight excluding hydrogens is 870 g/mol. The third-order valence-corrected chi connectivity index (χ3v) is 11.3. The molecule has 0 aromatic rings. The zero-order chi connectivity index (χ0) is 49.5. The van der Waals surface area contributed by atoms with Gasteiger partial charge in [0.2, 0.25) is 0 Å². The first-order valence-corrected chi connectivity index (χ1v) is 27.7. The highest BCUT2D eigenvalue weighted by atomic mass is 31.2. The van der Waals surface area contributed by atoms with Gasteiger partial charge in [0.1, 0.15) is 6.61 Å². The molecule has 0 amide bonds. The Labute approximate surface area is 414 Å². The highest BCUT2D eigenvalue weighted by Crippen LogP contribution is 2.43. The fraction of sp³-hybridized carbons (Fsp3) is 0.586. The van der Waals surface area contributed by atoms with Crippen molar-refractivity contribution in [2.24, 2.45) is 5.73 Å². The molecule has 9 nitrogen and oxygen atoms in total. The van der Waals surface area contributed by atoms with Gasteiger partial charge in [-0.25, -0.2) is 4.57 Å². The number of hydrogen-bond donors (Lipinski definition) is 2. The van der Waals surface area contributed by atoms with E-state index in [1.54, 1.807) is 0 Å². The van der Waals surface area contributed by atoms with Crippen molar-refractivity contribution >= 4 is 19.8 Å². The molecule has 3 N–H and O–H groups in total. The fourth-order valence-corrected chi connectivity index (χ4v) is 7.23. The van der Waals surface area contributed by atoms with Crippen LogP contribution in [0.3, 0.4) is 0 Å². The molecule has 0 bridgehead atoms. The summed E-state index contributed by atoms with van der Waals surface area (Å²) in [5.74, 6) is -0.879. The maximum atomic E-state index is 12.6. The van der Waals surface area contributed by atoms with Crippen LogP contribution < -0.4 is 5.73 Å². The van der Waals surface area contributed by atoms with E-state index in [-0.39, 0.29) is 32.6 Å². The Morgan fingerprint density at radius 1 is 0.456 bits per heavy atom. The van der Waals surface area contributed by atoms with Crippen molar-refractivity contribution in [3.63, 3.8) is 0 Å². The van der Waals surface area contributed by atoms with E-state index in [4.69, 9.17) is 24.3 Å². The summed E-state index contributed by atoms with van der Waals surface area (Å²) in [7, 11) is -4.39. The van der Waals surface area contributed by atoms with Gasteiger partial charge in [-0.15, -0.1) is 0 Å². The summed E-state index contributed by atoms with van der Waals surface area (Å²) in [5.41, 5.74) is 5.35. The van der Waals surface area contributed by atoms with E-state index in [2.05, 4.69) is 148 Å². The Balaban J connectivity index is 4.08. The Kier molecular flexibility index (Phi) is 49.5. The van der Waals surface area contributed by atoms with Gasteiger partial charge in [0.15, 0.2) is 6.10 Å². The van der Waals surface area contributed by atoms with E-state index in [9.17, 15) is 19.0 Å². The van der Waals surface area contributed by atoms with Crippen molar-refractivity contribution in [3.05, 3.63) is 134 Å². The lowest BCUT2D eigenvalue weighted by molar-refractivity contribution is -0.161. The van der Waals surface area contributed by atoms with Gasteiger partial charge in [0, 0.05) is 19.4 Å². The predicted molar refractivity (Wildman–Crippen MR) is 288 cm³/mol. The highest BCUT2D eigenvalue weighted by Gasteiger charge is 2.26. The fourth-order valence-electron chi connectivity index (χ4n) is 6.46. The molecule has 0 aliphatic heterocycles. The van der Waals surface area contributed by atoms with E-state index in [0.29, 0.717) is 6.42 Å². The Morgan fingerprint density at radius 2 is 0.809 bits per heavy atom. The molecule has 0 saturated heterocycles. The summed E-state index contributed by atoms with van der Waals surface area (Å²) in [6, 6.07) is 0. The third kappa shape index (κ3) is 51.5. The average Bonchev–Trinajstić information content (AvgIpc) is 3.33. The van der Waals surface area contributed by atoms with Gasteiger partial charge in [-0.05, 0) is 96.3 Å². The minimum absolute atomic E-state index is 0.0416. The smallest absolute Gasteiger partial charge is 0.462 e. The lowest BCUT2D eigenvalue weighted by Gasteiger charge is -2.19. The topological polar surface area (TPSA) is 134 Å². The van der Waals surface area contributed by atoms with E-state index in [0.717, 1.165) is 109 Å². The number of carbonyl (C=O) groups excluding carboxylic acids is 2. The number of allylic oxidation sites excluding steroid dienone is 22. The largest absolute Gasteiger partial charge is 0.472 e. The molecular formula is C58H94NO8P. The summed E-state index contributed by atoms with van der Waals surface area (Å²) in [6.07, 6.45) is 73.7. The first kappa shape index (κ1) is 64.2. The number of phosphoric acid groups is 1. The molecule has 0 aliphatic carbocycles. The van der Waals surface area contributed by atoms with Gasteiger partial charge in [-0.1, -0.05) is 212 Å². The second kappa shape index (κ2) is 52.5. The van der Waals surface area contributed by atoms with Gasteiger partial charge >= 0.3 is 19.8 Å². The molecule has 384 valence electrons. The highest BCUT2D eigenvalue weighted by molar-refractivity contribution is 7.47. The number of nitrogens with two attached hydrogens (primary N) is 1. The summed E-state index contributed by atoms with van der Waals surface area (Å²) in [5, 5.41) is 0. The van der Waals surface area contributed by atoms with Crippen LogP contribution in [0.2, 0.25) is 0 Å². The molecule has 0 aromatic carbocycles. The Hall–Kier alpha value is -3.85. The van der Waals surface area contributed by atoms with Gasteiger partial charge in [-0.3, -0.25) is 18.6 Å². The first-order chi connectivity index (χ1) is 33.3. The molecule has 0 radical (unpaired) electrons. The van der Waals surface area contributed by atoms with Crippen molar-refractivity contribution < 1.29 is 37.6 Å². The van der Waals surface area contributed by atoms with E-state index in [1.165, 1.54) is 44.9 Å². The van der Waals surface area contributed by atoms with Crippen LogP contribution in [0.1, 0.15) is 187 Å². The second-order valence-electron chi connectivity index (χ2n) is 16.7. The molecule has 0 saturated carbocycles. The van der Waals surface area contributed by atoms with Crippen molar-refractivity contribution in [1.82, 2.24) is 0 Å². The number of hydrogen-bond acceptors (Lipinski definition) is 8. The van der Waals surface area contributed by atoms with Gasteiger partial charge in [0.25, 0.3) is 0 Å². The van der Waals surface area contributed by atoms with Crippen molar-refractivity contribution in [2.75, 3.05) is 26.4 Å². The number of rotatable bonds is 47. The molecule has 10 heteroatoms. The van der Waals surface area contributed by atoms with Crippen LogP contribution in [0, 0.1) is 0 Å². The normalized spacial score (nSPS) is 14.2. The van der Waals surface area contributed by atoms with Crippen LogP contribution >= 0.6 is 7.82 Å². The van der Waals surface area contributed by atoms with Crippen molar-refractivity contribution in [2.45, 2.75) is 193 Å². The van der Waals surface area contributed by atoms with Gasteiger partial charge < -0.3 is 20.1 Å². The van der Waals surface area contributed by atoms with Crippen molar-refractivity contribution in [3.8, 4) is 0 Å². The second-order valence-corrected chi connectivity index (χ2v) is 18.1. The molecule has 2 atom stereocenters. The molecule has 0 aromatic heterocycles. The Morgan fingerprint density at radius 3 is 1.21 bits per heavy atom. The number of carbonyl (C=O) groups is 2. The van der Waals surface area contributed by atoms with Crippen LogP contribution in [-0.4, -0.2) is 49.3 Å². The Bertz CT molecular complexity index is 1570. The molecule has 0 rings (SSSR count). The average molecular weight is 964 g/mol. The minimum Gasteiger partial charge on any atom is -0.462 e. The van der Waals surface area contributed by atoms with Gasteiger partial charge in [-0.2, -0.15) is 0 Å². The minimum atomic E-state index is -4.39. The third-order valence-electron chi connectivity index (χ3n) is 10.3. The van der Waals surface area contributed by atoms with Crippen LogP contribution in [0.4, 0.5) is 0 Å². The first-order valence-electron chi connectivity index (χ1n) is 26.2. The lowest BCUT2D eigenvalue weighted by atomic mass is 10.1. The molecule has 2 unspecified atom stereocenters. The molecule has 0 spiro atoms. The van der Waals surface area contributed by atoms with E-state index < -0.39 is 32.5 Å². The lowest BCUT2D eigenvalue weighted by Crippen LogP contribution is -2.29. The number of ether oxygens (including phenoxy) is 2. The SMILES string of the molecule is CC/C=C\C/C=C\C/C=C\C/C=C\C/C=C\C/C=C\C/C=C\C/C=C\C/C=C\C/C=C\C/C=C\CCCCCC(=O)OC(COC(=O)CCCCCCCCCCCC)COP(=O)(O)OCCN. The molecule has 68 heavy (non-hydrogen) atoms. The summed E-state index contributed by atoms with van der Waals surface area (Å²) in [6.45, 7) is 3.54.